The molecule has 0 fully saturated rings. The summed E-state index contributed by atoms with van der Waals surface area (Å²) in [7, 11) is 0. The van der Waals surface area contributed by atoms with Crippen molar-refractivity contribution in [2.75, 3.05) is 0 Å². The SMILES string of the molecule is [2H]c1cccc(Oc2cccc(-c3ccc4c5ccccc5n(-c5ccccn5)c4c3)c2)n1. The lowest BCUT2D eigenvalue weighted by Gasteiger charge is -2.09. The van der Waals surface area contributed by atoms with Gasteiger partial charge in [-0.05, 0) is 53.6 Å². The van der Waals surface area contributed by atoms with E-state index in [9.17, 15) is 0 Å². The molecule has 0 spiro atoms. The minimum Gasteiger partial charge on any atom is -0.439 e. The second kappa shape index (κ2) is 7.67. The second-order valence-corrected chi connectivity index (χ2v) is 7.51. The standard InChI is InChI=1S/C28H19N3O/c1-2-11-25-23(10-1)24-15-14-21(19-26(24)31(25)27-12-3-5-16-29-27)20-8-7-9-22(18-20)32-28-13-4-6-17-30-28/h1-19H/i17D. The average Bonchev–Trinajstić information content (AvgIpc) is 3.18. The fourth-order valence-electron chi connectivity index (χ4n) is 4.11. The van der Waals surface area contributed by atoms with Crippen molar-refractivity contribution in [2.45, 2.75) is 0 Å². The first kappa shape index (κ1) is 17.3. The quantitative estimate of drug-likeness (QED) is 0.311. The molecule has 152 valence electrons. The van der Waals surface area contributed by atoms with E-state index in [0.717, 1.165) is 28.0 Å². The Morgan fingerprint density at radius 1 is 0.656 bits per heavy atom. The maximum Gasteiger partial charge on any atom is 0.219 e. The minimum atomic E-state index is 0.177. The second-order valence-electron chi connectivity index (χ2n) is 7.51. The molecule has 0 radical (unpaired) electrons. The molecule has 0 unspecified atom stereocenters. The predicted octanol–water partition coefficient (Wildman–Crippen LogP) is 7.03. The summed E-state index contributed by atoms with van der Waals surface area (Å²) in [6.07, 6.45) is 2.00. The molecule has 0 amide bonds. The van der Waals surface area contributed by atoms with Gasteiger partial charge < -0.3 is 4.74 Å². The van der Waals surface area contributed by atoms with Crippen LogP contribution in [0.4, 0.5) is 0 Å². The summed E-state index contributed by atoms with van der Waals surface area (Å²) < 4.78 is 15.8. The third-order valence-electron chi connectivity index (χ3n) is 5.53. The van der Waals surface area contributed by atoms with Crippen LogP contribution in [0.25, 0.3) is 38.8 Å². The Labute approximate surface area is 186 Å². The number of nitrogens with zero attached hydrogens (tertiary/aromatic N) is 3. The number of fused-ring (bicyclic) bond motifs is 3. The number of hydrogen-bond acceptors (Lipinski definition) is 3. The predicted molar refractivity (Wildman–Crippen MR) is 128 cm³/mol. The van der Waals surface area contributed by atoms with Gasteiger partial charge in [-0.25, -0.2) is 9.97 Å². The van der Waals surface area contributed by atoms with Gasteiger partial charge in [0.1, 0.15) is 11.6 Å². The Morgan fingerprint density at radius 2 is 1.50 bits per heavy atom. The van der Waals surface area contributed by atoms with Crippen LogP contribution < -0.4 is 4.74 Å². The molecule has 32 heavy (non-hydrogen) atoms. The molecule has 0 aliphatic rings. The lowest BCUT2D eigenvalue weighted by Crippen LogP contribution is -1.96. The molecule has 0 saturated heterocycles. The van der Waals surface area contributed by atoms with E-state index < -0.39 is 0 Å². The van der Waals surface area contributed by atoms with Crippen LogP contribution >= 0.6 is 0 Å². The summed E-state index contributed by atoms with van der Waals surface area (Å²) >= 11 is 0. The first-order valence-corrected chi connectivity index (χ1v) is 10.4. The van der Waals surface area contributed by atoms with Crippen molar-refractivity contribution < 1.29 is 6.11 Å². The van der Waals surface area contributed by atoms with Crippen molar-refractivity contribution in [3.05, 3.63) is 115 Å². The highest BCUT2D eigenvalue weighted by Gasteiger charge is 2.13. The number of rotatable bonds is 4. The average molecular weight is 414 g/mol. The molecule has 3 aromatic carbocycles. The number of hydrogen-bond donors (Lipinski definition) is 0. The van der Waals surface area contributed by atoms with Crippen LogP contribution in [0.15, 0.2) is 115 Å². The van der Waals surface area contributed by atoms with E-state index in [1.165, 1.54) is 10.8 Å². The molecule has 0 aliphatic carbocycles. The van der Waals surface area contributed by atoms with Gasteiger partial charge in [-0.1, -0.05) is 54.6 Å². The third kappa shape index (κ3) is 3.19. The maximum absolute atomic E-state index is 7.69. The van der Waals surface area contributed by atoms with Gasteiger partial charge >= 0.3 is 0 Å². The van der Waals surface area contributed by atoms with Gasteiger partial charge in [0, 0.05) is 29.2 Å². The van der Waals surface area contributed by atoms with Crippen molar-refractivity contribution >= 4 is 21.8 Å². The normalized spacial score (nSPS) is 11.6. The number of para-hydroxylation sites is 1. The van der Waals surface area contributed by atoms with E-state index in [0.29, 0.717) is 11.6 Å². The number of aromatic nitrogens is 3. The van der Waals surface area contributed by atoms with Crippen molar-refractivity contribution in [1.29, 1.82) is 0 Å². The van der Waals surface area contributed by atoms with Gasteiger partial charge in [0.2, 0.25) is 5.88 Å². The summed E-state index contributed by atoms with van der Waals surface area (Å²) in [5.41, 5.74) is 4.34. The third-order valence-corrected chi connectivity index (χ3v) is 5.53. The highest BCUT2D eigenvalue weighted by atomic mass is 16.5. The molecular weight excluding hydrogens is 394 g/mol. The van der Waals surface area contributed by atoms with Crippen molar-refractivity contribution in [2.24, 2.45) is 0 Å². The Morgan fingerprint density at radius 3 is 2.41 bits per heavy atom. The molecule has 0 N–H and O–H groups in total. The molecular formula is C28H19N3O. The Bertz CT molecular complexity index is 1610. The first-order valence-electron chi connectivity index (χ1n) is 10.9. The molecule has 4 nitrogen and oxygen atoms in total. The van der Waals surface area contributed by atoms with Gasteiger partial charge in [0.25, 0.3) is 0 Å². The summed E-state index contributed by atoms with van der Waals surface area (Å²) in [4.78, 5) is 8.73. The zero-order valence-electron chi connectivity index (χ0n) is 18.1. The summed E-state index contributed by atoms with van der Waals surface area (Å²) in [6, 6.07) is 33.9. The highest BCUT2D eigenvalue weighted by Crippen LogP contribution is 2.35. The van der Waals surface area contributed by atoms with Crippen LogP contribution in [-0.4, -0.2) is 14.5 Å². The minimum absolute atomic E-state index is 0.177. The summed E-state index contributed by atoms with van der Waals surface area (Å²) in [5, 5.41) is 2.38. The largest absolute Gasteiger partial charge is 0.439 e. The molecule has 0 saturated carbocycles. The van der Waals surface area contributed by atoms with Crippen molar-refractivity contribution in [3.63, 3.8) is 0 Å². The van der Waals surface area contributed by atoms with Crippen LogP contribution in [0.5, 0.6) is 11.6 Å². The van der Waals surface area contributed by atoms with E-state index in [4.69, 9.17) is 6.11 Å². The van der Waals surface area contributed by atoms with E-state index in [1.807, 2.05) is 42.6 Å². The topological polar surface area (TPSA) is 39.9 Å². The monoisotopic (exact) mass is 414 g/mol. The number of ether oxygens (including phenoxy) is 1. The van der Waals surface area contributed by atoms with E-state index >= 15 is 0 Å². The molecule has 0 atom stereocenters. The molecule has 3 heterocycles. The van der Waals surface area contributed by atoms with Crippen LogP contribution in [0, 0.1) is 0 Å². The zero-order chi connectivity index (χ0) is 22.2. The van der Waals surface area contributed by atoms with Crippen molar-refractivity contribution in [3.8, 4) is 28.6 Å². The lowest BCUT2D eigenvalue weighted by molar-refractivity contribution is 0.463. The van der Waals surface area contributed by atoms with Gasteiger partial charge in [0.05, 0.1) is 12.4 Å². The van der Waals surface area contributed by atoms with E-state index in [-0.39, 0.29) is 6.17 Å². The van der Waals surface area contributed by atoms with E-state index in [1.54, 1.807) is 18.2 Å². The van der Waals surface area contributed by atoms with Crippen LogP contribution in [0.1, 0.15) is 1.37 Å². The number of benzene rings is 3. The van der Waals surface area contributed by atoms with Gasteiger partial charge in [0.15, 0.2) is 0 Å². The molecule has 0 bridgehead atoms. The van der Waals surface area contributed by atoms with Gasteiger partial charge in [-0.2, -0.15) is 0 Å². The molecule has 0 aliphatic heterocycles. The van der Waals surface area contributed by atoms with Crippen LogP contribution in [0.2, 0.25) is 0 Å². The summed E-state index contributed by atoms with van der Waals surface area (Å²) in [5.74, 6) is 1.97. The Balaban J connectivity index is 1.49. The molecule has 6 aromatic rings. The van der Waals surface area contributed by atoms with Gasteiger partial charge in [-0.3, -0.25) is 4.57 Å². The van der Waals surface area contributed by atoms with Crippen LogP contribution in [-0.2, 0) is 0 Å². The smallest absolute Gasteiger partial charge is 0.219 e. The zero-order valence-corrected chi connectivity index (χ0v) is 17.1. The van der Waals surface area contributed by atoms with E-state index in [2.05, 4.69) is 63.1 Å². The molecule has 4 heteroatoms. The molecule has 6 rings (SSSR count). The Kier molecular flexibility index (Phi) is 4.14. The number of pyridine rings is 2. The maximum atomic E-state index is 7.69. The summed E-state index contributed by atoms with van der Waals surface area (Å²) in [6.45, 7) is 0. The highest BCUT2D eigenvalue weighted by molar-refractivity contribution is 6.10. The fraction of sp³-hybridized carbons (Fsp3) is 0. The van der Waals surface area contributed by atoms with Gasteiger partial charge in [-0.15, -0.1) is 0 Å². The Hall–Kier alpha value is -4.44. The lowest BCUT2D eigenvalue weighted by atomic mass is 10.0. The fourth-order valence-corrected chi connectivity index (χ4v) is 4.11. The van der Waals surface area contributed by atoms with Crippen LogP contribution in [0.3, 0.4) is 0 Å². The molecule has 3 aromatic heterocycles. The first-order chi connectivity index (χ1) is 16.3. The van der Waals surface area contributed by atoms with Crippen molar-refractivity contribution in [1.82, 2.24) is 14.5 Å².